The Morgan fingerprint density at radius 1 is 1.05 bits per heavy atom. The molecular formula is C17H20BNO2S. The van der Waals surface area contributed by atoms with Gasteiger partial charge >= 0.3 is 0 Å². The van der Waals surface area contributed by atoms with E-state index >= 15 is 0 Å². The van der Waals surface area contributed by atoms with Crippen LogP contribution in [0, 0.1) is 0 Å². The molecule has 0 aromatic heterocycles. The fourth-order valence-corrected chi connectivity index (χ4v) is 4.72. The standard InChI is InChI=1S/C17H20BNO2S/c18-16-8-6-14(7-9-16)12-19-10-11-22(20,21)17(13-19)15-4-2-1-3-5-15/h1-9,17H,10-13,18H2. The molecule has 1 heterocycles. The zero-order valence-electron chi connectivity index (χ0n) is 12.8. The fraction of sp³-hybridized carbons (Fsp3) is 0.294. The van der Waals surface area contributed by atoms with E-state index in [2.05, 4.69) is 37.0 Å². The summed E-state index contributed by atoms with van der Waals surface area (Å²) in [5, 5.41) is -0.409. The van der Waals surface area contributed by atoms with Crippen LogP contribution in [-0.2, 0) is 16.4 Å². The smallest absolute Gasteiger partial charge is 0.159 e. The van der Waals surface area contributed by atoms with Crippen molar-refractivity contribution >= 4 is 23.1 Å². The largest absolute Gasteiger partial charge is 0.296 e. The predicted molar refractivity (Wildman–Crippen MR) is 92.9 cm³/mol. The maximum atomic E-state index is 12.4. The van der Waals surface area contributed by atoms with Crippen LogP contribution in [0.15, 0.2) is 54.6 Å². The topological polar surface area (TPSA) is 37.4 Å². The van der Waals surface area contributed by atoms with Crippen LogP contribution in [0.3, 0.4) is 0 Å². The molecule has 0 amide bonds. The van der Waals surface area contributed by atoms with Crippen molar-refractivity contribution in [2.75, 3.05) is 18.8 Å². The molecule has 5 heteroatoms. The summed E-state index contributed by atoms with van der Waals surface area (Å²) in [5.74, 6) is 0.235. The Bertz CT molecular complexity index is 729. The van der Waals surface area contributed by atoms with Gasteiger partial charge in [0.05, 0.1) is 11.0 Å². The third kappa shape index (κ3) is 3.42. The molecule has 1 saturated heterocycles. The summed E-state index contributed by atoms with van der Waals surface area (Å²) in [6.45, 7) is 1.99. The molecule has 0 spiro atoms. The van der Waals surface area contributed by atoms with Gasteiger partial charge in [-0.3, -0.25) is 4.90 Å². The number of rotatable bonds is 3. The molecule has 0 radical (unpaired) electrons. The summed E-state index contributed by atoms with van der Waals surface area (Å²) in [4.78, 5) is 2.24. The Hall–Kier alpha value is -1.59. The molecule has 1 unspecified atom stereocenters. The highest BCUT2D eigenvalue weighted by atomic mass is 32.2. The van der Waals surface area contributed by atoms with E-state index < -0.39 is 15.1 Å². The summed E-state index contributed by atoms with van der Waals surface area (Å²) in [5.41, 5.74) is 3.37. The lowest BCUT2D eigenvalue weighted by molar-refractivity contribution is 0.267. The summed E-state index contributed by atoms with van der Waals surface area (Å²) in [6.07, 6.45) is 0. The van der Waals surface area contributed by atoms with Crippen LogP contribution in [0.25, 0.3) is 0 Å². The molecule has 0 bridgehead atoms. The van der Waals surface area contributed by atoms with Crippen LogP contribution in [0.5, 0.6) is 0 Å². The van der Waals surface area contributed by atoms with Gasteiger partial charge in [0.25, 0.3) is 0 Å². The fourth-order valence-electron chi connectivity index (χ4n) is 2.91. The highest BCUT2D eigenvalue weighted by molar-refractivity contribution is 7.91. The molecule has 2 aromatic carbocycles. The molecule has 0 saturated carbocycles. The summed E-state index contributed by atoms with van der Waals surface area (Å²) in [6, 6.07) is 18.0. The molecule has 114 valence electrons. The van der Waals surface area contributed by atoms with Crippen molar-refractivity contribution in [3.63, 3.8) is 0 Å². The monoisotopic (exact) mass is 313 g/mol. The number of hydrogen-bond acceptors (Lipinski definition) is 3. The number of sulfone groups is 1. The van der Waals surface area contributed by atoms with E-state index in [0.717, 1.165) is 12.1 Å². The van der Waals surface area contributed by atoms with E-state index in [0.29, 0.717) is 13.1 Å². The van der Waals surface area contributed by atoms with Crippen LogP contribution in [0.1, 0.15) is 16.4 Å². The third-order valence-corrected chi connectivity index (χ3v) is 6.29. The van der Waals surface area contributed by atoms with E-state index in [4.69, 9.17) is 0 Å². The predicted octanol–water partition coefficient (Wildman–Crippen LogP) is 0.917. The van der Waals surface area contributed by atoms with Crippen molar-refractivity contribution in [1.82, 2.24) is 4.90 Å². The van der Waals surface area contributed by atoms with Crippen LogP contribution in [0.2, 0.25) is 0 Å². The molecule has 0 aliphatic carbocycles. The first kappa shape index (κ1) is 15.3. The van der Waals surface area contributed by atoms with Gasteiger partial charge in [0.1, 0.15) is 7.85 Å². The first-order valence-corrected chi connectivity index (χ1v) is 9.30. The molecule has 0 N–H and O–H groups in total. The number of benzene rings is 2. The lowest BCUT2D eigenvalue weighted by Gasteiger charge is -2.32. The average molecular weight is 313 g/mol. The Kier molecular flexibility index (Phi) is 4.36. The lowest BCUT2D eigenvalue weighted by atomic mass is 9.95. The summed E-state index contributed by atoms with van der Waals surface area (Å²) in [7, 11) is -0.978. The Morgan fingerprint density at radius 2 is 1.73 bits per heavy atom. The van der Waals surface area contributed by atoms with Crippen molar-refractivity contribution in [1.29, 1.82) is 0 Å². The molecule has 22 heavy (non-hydrogen) atoms. The zero-order valence-corrected chi connectivity index (χ0v) is 13.6. The quantitative estimate of drug-likeness (QED) is 0.791. The second-order valence-corrected chi connectivity index (χ2v) is 8.29. The molecule has 1 atom stereocenters. The third-order valence-electron chi connectivity index (χ3n) is 4.25. The van der Waals surface area contributed by atoms with Gasteiger partial charge in [-0.2, -0.15) is 0 Å². The first-order valence-electron chi connectivity index (χ1n) is 7.59. The highest BCUT2D eigenvalue weighted by Crippen LogP contribution is 2.28. The minimum absolute atomic E-state index is 0.235. The van der Waals surface area contributed by atoms with Gasteiger partial charge in [0.15, 0.2) is 9.84 Å². The van der Waals surface area contributed by atoms with Gasteiger partial charge in [-0.15, -0.1) is 0 Å². The van der Waals surface area contributed by atoms with E-state index in [1.807, 2.05) is 30.3 Å². The number of nitrogens with zero attached hydrogens (tertiary/aromatic N) is 1. The van der Waals surface area contributed by atoms with Crippen molar-refractivity contribution < 1.29 is 8.42 Å². The van der Waals surface area contributed by atoms with Crippen molar-refractivity contribution in [3.05, 3.63) is 65.7 Å². The average Bonchev–Trinajstić information content (AvgIpc) is 2.52. The molecule has 3 nitrogen and oxygen atoms in total. The minimum atomic E-state index is -3.05. The molecular weight excluding hydrogens is 293 g/mol. The van der Waals surface area contributed by atoms with Crippen LogP contribution < -0.4 is 5.46 Å². The lowest BCUT2D eigenvalue weighted by Crippen LogP contribution is -2.41. The van der Waals surface area contributed by atoms with Gasteiger partial charge < -0.3 is 0 Å². The normalized spacial score (nSPS) is 21.5. The zero-order chi connectivity index (χ0) is 15.6. The second kappa shape index (κ2) is 6.27. The van der Waals surface area contributed by atoms with Crippen molar-refractivity contribution in [2.24, 2.45) is 0 Å². The SMILES string of the molecule is Bc1ccc(CN2CCS(=O)(=O)C(c3ccccc3)C2)cc1. The Labute approximate surface area is 133 Å². The summed E-state index contributed by atoms with van der Waals surface area (Å²) >= 11 is 0. The second-order valence-electron chi connectivity index (χ2n) is 5.99. The molecule has 1 aliphatic rings. The van der Waals surface area contributed by atoms with Gasteiger partial charge in [-0.25, -0.2) is 8.42 Å². The molecule has 1 aliphatic heterocycles. The van der Waals surface area contributed by atoms with E-state index in [9.17, 15) is 8.42 Å². The maximum absolute atomic E-state index is 12.4. The highest BCUT2D eigenvalue weighted by Gasteiger charge is 2.33. The van der Waals surface area contributed by atoms with Gasteiger partial charge in [-0.1, -0.05) is 60.1 Å². The minimum Gasteiger partial charge on any atom is -0.296 e. The van der Waals surface area contributed by atoms with E-state index in [1.165, 1.54) is 11.0 Å². The van der Waals surface area contributed by atoms with Gasteiger partial charge in [0.2, 0.25) is 0 Å². The maximum Gasteiger partial charge on any atom is 0.159 e. The Balaban J connectivity index is 1.77. The summed E-state index contributed by atoms with van der Waals surface area (Å²) < 4.78 is 24.8. The van der Waals surface area contributed by atoms with Crippen LogP contribution in [-0.4, -0.2) is 40.0 Å². The first-order chi connectivity index (χ1) is 10.5. The molecule has 3 rings (SSSR count). The van der Waals surface area contributed by atoms with Crippen molar-refractivity contribution in [2.45, 2.75) is 11.8 Å². The number of hydrogen-bond donors (Lipinski definition) is 0. The van der Waals surface area contributed by atoms with Gasteiger partial charge in [-0.05, 0) is 11.1 Å². The molecule has 2 aromatic rings. The van der Waals surface area contributed by atoms with Crippen LogP contribution >= 0.6 is 0 Å². The van der Waals surface area contributed by atoms with Gasteiger partial charge in [0, 0.05) is 19.6 Å². The van der Waals surface area contributed by atoms with E-state index in [1.54, 1.807) is 0 Å². The van der Waals surface area contributed by atoms with Crippen LogP contribution in [0.4, 0.5) is 0 Å². The van der Waals surface area contributed by atoms with Crippen molar-refractivity contribution in [3.8, 4) is 0 Å². The Morgan fingerprint density at radius 3 is 2.41 bits per heavy atom. The molecule has 1 fully saturated rings. The van der Waals surface area contributed by atoms with E-state index in [-0.39, 0.29) is 5.75 Å².